The molecular formula is C9H19N. The van der Waals surface area contributed by atoms with Crippen LogP contribution in [-0.4, -0.2) is 6.54 Å². The van der Waals surface area contributed by atoms with Gasteiger partial charge in [-0.15, -0.1) is 0 Å². The molecule has 0 aliphatic carbocycles. The Labute approximate surface area is 64.3 Å². The Bertz CT molecular complexity index is 76.8. The van der Waals surface area contributed by atoms with Crippen LogP contribution >= 0.6 is 0 Å². The quantitative estimate of drug-likeness (QED) is 0.446. The summed E-state index contributed by atoms with van der Waals surface area (Å²) in [6.07, 6.45) is 10.8. The minimum atomic E-state index is 0.688. The number of nitrogens with two attached hydrogens (primary N) is 1. The van der Waals surface area contributed by atoms with Crippen LogP contribution in [0.1, 0.15) is 39.0 Å². The molecule has 0 aromatic rings. The van der Waals surface area contributed by atoms with Crippen LogP contribution in [-0.2, 0) is 0 Å². The fourth-order valence-electron chi connectivity index (χ4n) is 0.903. The first-order chi connectivity index (χ1) is 4.91. The highest BCUT2D eigenvalue weighted by molar-refractivity contribution is 4.81. The van der Waals surface area contributed by atoms with Crippen LogP contribution in [0.2, 0.25) is 0 Å². The van der Waals surface area contributed by atoms with Gasteiger partial charge in [0.15, 0.2) is 0 Å². The molecule has 1 nitrogen and oxygen atoms in total. The van der Waals surface area contributed by atoms with Gasteiger partial charge in [0.05, 0.1) is 0 Å². The van der Waals surface area contributed by atoms with Crippen LogP contribution in [0.4, 0.5) is 0 Å². The van der Waals surface area contributed by atoms with E-state index in [4.69, 9.17) is 5.73 Å². The first-order valence-electron chi connectivity index (χ1n) is 4.27. The van der Waals surface area contributed by atoms with Gasteiger partial charge < -0.3 is 5.73 Å². The van der Waals surface area contributed by atoms with E-state index in [1.807, 2.05) is 6.08 Å². The van der Waals surface area contributed by atoms with Gasteiger partial charge in [0.1, 0.15) is 0 Å². The van der Waals surface area contributed by atoms with E-state index in [0.29, 0.717) is 6.54 Å². The summed E-state index contributed by atoms with van der Waals surface area (Å²) in [7, 11) is 0. The molecule has 0 unspecified atom stereocenters. The predicted molar refractivity (Wildman–Crippen MR) is 47.0 cm³/mol. The van der Waals surface area contributed by atoms with E-state index in [9.17, 15) is 0 Å². The number of allylic oxidation sites excluding steroid dienone is 1. The van der Waals surface area contributed by atoms with Crippen molar-refractivity contribution in [1.82, 2.24) is 0 Å². The van der Waals surface area contributed by atoms with Crippen molar-refractivity contribution in [3.63, 3.8) is 0 Å². The van der Waals surface area contributed by atoms with Gasteiger partial charge in [0.2, 0.25) is 0 Å². The molecule has 0 rings (SSSR count). The van der Waals surface area contributed by atoms with Gasteiger partial charge in [-0.3, -0.25) is 0 Å². The fourth-order valence-corrected chi connectivity index (χ4v) is 0.903. The van der Waals surface area contributed by atoms with Crippen molar-refractivity contribution in [2.24, 2.45) is 5.73 Å². The maximum atomic E-state index is 5.28. The summed E-state index contributed by atoms with van der Waals surface area (Å²) in [5.41, 5.74) is 5.28. The monoisotopic (exact) mass is 141 g/mol. The van der Waals surface area contributed by atoms with Crippen LogP contribution < -0.4 is 5.73 Å². The molecule has 0 radical (unpaired) electrons. The van der Waals surface area contributed by atoms with Crippen molar-refractivity contribution in [3.05, 3.63) is 12.2 Å². The Morgan fingerprint density at radius 2 is 1.90 bits per heavy atom. The molecule has 60 valence electrons. The van der Waals surface area contributed by atoms with Gasteiger partial charge in [-0.1, -0.05) is 38.3 Å². The number of unbranched alkanes of at least 4 members (excludes halogenated alkanes) is 4. The van der Waals surface area contributed by atoms with Crippen molar-refractivity contribution >= 4 is 0 Å². The molecule has 0 atom stereocenters. The molecule has 0 aromatic heterocycles. The van der Waals surface area contributed by atoms with Crippen LogP contribution in [0.15, 0.2) is 12.2 Å². The average Bonchev–Trinajstić information content (AvgIpc) is 1.97. The third-order valence-electron chi connectivity index (χ3n) is 1.53. The van der Waals surface area contributed by atoms with E-state index >= 15 is 0 Å². The van der Waals surface area contributed by atoms with Crippen molar-refractivity contribution in [1.29, 1.82) is 0 Å². The molecule has 0 fully saturated rings. The van der Waals surface area contributed by atoms with Gasteiger partial charge in [0, 0.05) is 6.54 Å². The molecule has 0 aromatic carbocycles. The van der Waals surface area contributed by atoms with Crippen LogP contribution in [0.3, 0.4) is 0 Å². The smallest absolute Gasteiger partial charge is 0.0106 e. The summed E-state index contributed by atoms with van der Waals surface area (Å²) < 4.78 is 0. The molecule has 0 spiro atoms. The molecule has 0 heterocycles. The summed E-state index contributed by atoms with van der Waals surface area (Å²) in [4.78, 5) is 0. The van der Waals surface area contributed by atoms with E-state index < -0.39 is 0 Å². The molecule has 10 heavy (non-hydrogen) atoms. The normalized spacial score (nSPS) is 11.0. The lowest BCUT2D eigenvalue weighted by atomic mass is 10.1. The van der Waals surface area contributed by atoms with Crippen LogP contribution in [0.25, 0.3) is 0 Å². The lowest BCUT2D eigenvalue weighted by Crippen LogP contribution is -1.91. The summed E-state index contributed by atoms with van der Waals surface area (Å²) in [5, 5.41) is 0. The second kappa shape index (κ2) is 8.70. The van der Waals surface area contributed by atoms with Crippen molar-refractivity contribution < 1.29 is 0 Å². The molecule has 0 saturated heterocycles. The lowest BCUT2D eigenvalue weighted by molar-refractivity contribution is 0.674. The zero-order valence-electron chi connectivity index (χ0n) is 6.97. The molecule has 0 aliphatic rings. The number of rotatable bonds is 6. The third-order valence-corrected chi connectivity index (χ3v) is 1.53. The van der Waals surface area contributed by atoms with E-state index in [2.05, 4.69) is 13.0 Å². The van der Waals surface area contributed by atoms with Gasteiger partial charge in [-0.25, -0.2) is 0 Å². The number of hydrogen-bond acceptors (Lipinski definition) is 1. The van der Waals surface area contributed by atoms with Gasteiger partial charge >= 0.3 is 0 Å². The summed E-state index contributed by atoms with van der Waals surface area (Å²) in [6.45, 7) is 2.92. The predicted octanol–water partition coefficient (Wildman–Crippen LogP) is 2.47. The summed E-state index contributed by atoms with van der Waals surface area (Å²) >= 11 is 0. The van der Waals surface area contributed by atoms with Crippen molar-refractivity contribution in [2.75, 3.05) is 6.54 Å². The highest BCUT2D eigenvalue weighted by Gasteiger charge is 1.82. The van der Waals surface area contributed by atoms with E-state index in [-0.39, 0.29) is 0 Å². The standard InChI is InChI=1S/C9H19N/c1-2-3-4-5-6-7-8-9-10/h7-8H,2-6,9-10H2,1H3/b8-7+. The van der Waals surface area contributed by atoms with Gasteiger partial charge in [-0.05, 0) is 12.8 Å². The Morgan fingerprint density at radius 1 is 1.10 bits per heavy atom. The van der Waals surface area contributed by atoms with Gasteiger partial charge in [0.25, 0.3) is 0 Å². The van der Waals surface area contributed by atoms with E-state index in [1.165, 1.54) is 32.1 Å². The minimum Gasteiger partial charge on any atom is -0.327 e. The van der Waals surface area contributed by atoms with E-state index in [0.717, 1.165) is 0 Å². The molecule has 0 aliphatic heterocycles. The first kappa shape index (κ1) is 9.70. The Balaban J connectivity index is 2.83. The SMILES string of the molecule is CCCCCC/C=C/CN. The second-order valence-electron chi connectivity index (χ2n) is 2.56. The number of hydrogen-bond donors (Lipinski definition) is 1. The largest absolute Gasteiger partial charge is 0.327 e. The van der Waals surface area contributed by atoms with Crippen LogP contribution in [0, 0.1) is 0 Å². The lowest BCUT2D eigenvalue weighted by Gasteiger charge is -1.93. The molecular weight excluding hydrogens is 122 g/mol. The molecule has 2 N–H and O–H groups in total. The van der Waals surface area contributed by atoms with Crippen molar-refractivity contribution in [3.8, 4) is 0 Å². The Morgan fingerprint density at radius 3 is 2.50 bits per heavy atom. The molecule has 0 saturated carbocycles. The highest BCUT2D eigenvalue weighted by Crippen LogP contribution is 2.02. The highest BCUT2D eigenvalue weighted by atomic mass is 14.5. The molecule has 0 amide bonds. The summed E-state index contributed by atoms with van der Waals surface area (Å²) in [5.74, 6) is 0. The first-order valence-corrected chi connectivity index (χ1v) is 4.27. The Kier molecular flexibility index (Phi) is 8.44. The molecule has 1 heteroatoms. The van der Waals surface area contributed by atoms with Crippen molar-refractivity contribution in [2.45, 2.75) is 39.0 Å². The van der Waals surface area contributed by atoms with E-state index in [1.54, 1.807) is 0 Å². The third kappa shape index (κ3) is 7.70. The fraction of sp³-hybridized carbons (Fsp3) is 0.778. The summed E-state index contributed by atoms with van der Waals surface area (Å²) in [6, 6.07) is 0. The Hall–Kier alpha value is -0.300. The maximum Gasteiger partial charge on any atom is 0.0106 e. The second-order valence-corrected chi connectivity index (χ2v) is 2.56. The maximum absolute atomic E-state index is 5.28. The van der Waals surface area contributed by atoms with Crippen LogP contribution in [0.5, 0.6) is 0 Å². The topological polar surface area (TPSA) is 26.0 Å². The minimum absolute atomic E-state index is 0.688. The zero-order valence-corrected chi connectivity index (χ0v) is 6.97. The molecule has 0 bridgehead atoms. The zero-order chi connectivity index (χ0) is 7.66. The average molecular weight is 141 g/mol. The van der Waals surface area contributed by atoms with Gasteiger partial charge in [-0.2, -0.15) is 0 Å².